The first-order valence-corrected chi connectivity index (χ1v) is 7.26. The lowest BCUT2D eigenvalue weighted by atomic mass is 10.1. The molecule has 3 rings (SSSR count). The number of nitrogens with zero attached hydrogens (tertiary/aromatic N) is 2. The molecule has 2 aromatic carbocycles. The maximum Gasteiger partial charge on any atom is 0.261 e. The summed E-state index contributed by atoms with van der Waals surface area (Å²) in [6, 6.07) is 9.76. The van der Waals surface area contributed by atoms with Gasteiger partial charge in [-0.3, -0.25) is 4.79 Å². The van der Waals surface area contributed by atoms with E-state index in [1.54, 1.807) is 24.3 Å². The van der Waals surface area contributed by atoms with Crippen LogP contribution in [0.15, 0.2) is 46.9 Å². The summed E-state index contributed by atoms with van der Waals surface area (Å²) in [5.41, 5.74) is 0.449. The third-order valence-electron chi connectivity index (χ3n) is 3.35. The number of halogens is 2. The second kappa shape index (κ2) is 6.57. The van der Waals surface area contributed by atoms with Gasteiger partial charge in [0.15, 0.2) is 0 Å². The summed E-state index contributed by atoms with van der Waals surface area (Å²) in [5.74, 6) is -1.80. The van der Waals surface area contributed by atoms with Crippen molar-refractivity contribution in [2.75, 3.05) is 5.32 Å². The van der Waals surface area contributed by atoms with Gasteiger partial charge in [0.25, 0.3) is 5.91 Å². The Bertz CT molecular complexity index is 856. The van der Waals surface area contributed by atoms with Crippen molar-refractivity contribution in [1.29, 1.82) is 0 Å². The monoisotopic (exact) mass is 329 g/mol. The van der Waals surface area contributed by atoms with E-state index < -0.39 is 23.1 Å². The molecular weight excluding hydrogens is 316 g/mol. The molecule has 1 aromatic heterocycles. The third kappa shape index (κ3) is 3.15. The molecule has 0 radical (unpaired) electrons. The fourth-order valence-corrected chi connectivity index (χ4v) is 2.12. The molecule has 1 amide bonds. The molecule has 0 fully saturated rings. The van der Waals surface area contributed by atoms with E-state index in [1.165, 1.54) is 6.07 Å². The molecule has 3 aromatic rings. The summed E-state index contributed by atoms with van der Waals surface area (Å²) in [7, 11) is 0. The Morgan fingerprint density at radius 3 is 2.33 bits per heavy atom. The average molecular weight is 329 g/mol. The van der Waals surface area contributed by atoms with Gasteiger partial charge in [0.2, 0.25) is 11.8 Å². The van der Waals surface area contributed by atoms with Gasteiger partial charge in [0.05, 0.1) is 0 Å². The Hall–Kier alpha value is -3.09. The highest BCUT2D eigenvalue weighted by Crippen LogP contribution is 2.21. The first-order chi connectivity index (χ1) is 11.6. The molecule has 0 saturated heterocycles. The van der Waals surface area contributed by atoms with Crippen molar-refractivity contribution in [1.82, 2.24) is 10.2 Å². The molecule has 1 heterocycles. The zero-order valence-corrected chi connectivity index (χ0v) is 12.7. The van der Waals surface area contributed by atoms with Crippen LogP contribution < -0.4 is 5.32 Å². The van der Waals surface area contributed by atoms with Crippen molar-refractivity contribution in [3.05, 3.63) is 65.6 Å². The second-order valence-corrected chi connectivity index (χ2v) is 4.98. The average Bonchev–Trinajstić information content (AvgIpc) is 3.04. The lowest BCUT2D eigenvalue weighted by molar-refractivity contribution is 0.101. The molecule has 7 heteroatoms. The highest BCUT2D eigenvalue weighted by molar-refractivity contribution is 6.04. The van der Waals surface area contributed by atoms with Gasteiger partial charge in [-0.2, -0.15) is 0 Å². The zero-order valence-electron chi connectivity index (χ0n) is 12.7. The topological polar surface area (TPSA) is 68.0 Å². The maximum absolute atomic E-state index is 13.6. The molecule has 122 valence electrons. The van der Waals surface area contributed by atoms with Crippen LogP contribution in [0.2, 0.25) is 0 Å². The fraction of sp³-hybridized carbons (Fsp3) is 0.118. The highest BCUT2D eigenvalue weighted by atomic mass is 19.1. The van der Waals surface area contributed by atoms with Crippen molar-refractivity contribution < 1.29 is 18.0 Å². The molecule has 0 atom stereocenters. The Labute approximate surface area is 136 Å². The SMILES string of the molecule is CCc1nnc(-c2ccc(NC(=O)c3c(F)cccc3F)cc2)o1. The summed E-state index contributed by atoms with van der Waals surface area (Å²) in [6.45, 7) is 1.90. The van der Waals surface area contributed by atoms with Gasteiger partial charge < -0.3 is 9.73 Å². The number of aryl methyl sites for hydroxylation is 1. The van der Waals surface area contributed by atoms with Crippen LogP contribution in [-0.4, -0.2) is 16.1 Å². The van der Waals surface area contributed by atoms with Crippen LogP contribution in [0.5, 0.6) is 0 Å². The lowest BCUT2D eigenvalue weighted by Crippen LogP contribution is -2.15. The molecule has 24 heavy (non-hydrogen) atoms. The number of benzene rings is 2. The molecule has 0 spiro atoms. The number of carbonyl (C=O) groups excluding carboxylic acids is 1. The maximum atomic E-state index is 13.6. The van der Waals surface area contributed by atoms with Crippen LogP contribution in [-0.2, 0) is 6.42 Å². The van der Waals surface area contributed by atoms with E-state index in [2.05, 4.69) is 15.5 Å². The minimum Gasteiger partial charge on any atom is -0.421 e. The number of rotatable bonds is 4. The minimum atomic E-state index is -0.915. The molecule has 1 N–H and O–H groups in total. The van der Waals surface area contributed by atoms with Gasteiger partial charge in [-0.15, -0.1) is 10.2 Å². The lowest BCUT2D eigenvalue weighted by Gasteiger charge is -2.07. The van der Waals surface area contributed by atoms with Crippen molar-refractivity contribution in [2.45, 2.75) is 13.3 Å². The van der Waals surface area contributed by atoms with Gasteiger partial charge in [0.1, 0.15) is 17.2 Å². The van der Waals surface area contributed by atoms with Gasteiger partial charge >= 0.3 is 0 Å². The van der Waals surface area contributed by atoms with Crippen molar-refractivity contribution in [3.63, 3.8) is 0 Å². The summed E-state index contributed by atoms with van der Waals surface area (Å²) >= 11 is 0. The Morgan fingerprint density at radius 2 is 1.75 bits per heavy atom. The van der Waals surface area contributed by atoms with Crippen LogP contribution in [0, 0.1) is 11.6 Å². The van der Waals surface area contributed by atoms with Crippen molar-refractivity contribution >= 4 is 11.6 Å². The fourth-order valence-electron chi connectivity index (χ4n) is 2.12. The molecule has 0 aliphatic heterocycles. The predicted octanol–water partition coefficient (Wildman–Crippen LogP) is 3.83. The number of hydrogen-bond acceptors (Lipinski definition) is 4. The Kier molecular flexibility index (Phi) is 4.33. The van der Waals surface area contributed by atoms with Gasteiger partial charge in [-0.05, 0) is 36.4 Å². The summed E-state index contributed by atoms with van der Waals surface area (Å²) in [4.78, 5) is 12.0. The molecular formula is C17H13F2N3O2. The number of nitrogens with one attached hydrogen (secondary N) is 1. The van der Waals surface area contributed by atoms with Crippen LogP contribution in [0.4, 0.5) is 14.5 Å². The molecule has 0 unspecified atom stereocenters. The van der Waals surface area contributed by atoms with E-state index in [0.717, 1.165) is 12.1 Å². The summed E-state index contributed by atoms with van der Waals surface area (Å²) < 4.78 is 32.6. The molecule has 0 bridgehead atoms. The quantitative estimate of drug-likeness (QED) is 0.790. The summed E-state index contributed by atoms with van der Waals surface area (Å²) in [6.07, 6.45) is 0.634. The number of hydrogen-bond donors (Lipinski definition) is 1. The van der Waals surface area contributed by atoms with Crippen LogP contribution >= 0.6 is 0 Å². The van der Waals surface area contributed by atoms with Gasteiger partial charge in [-0.25, -0.2) is 8.78 Å². The molecule has 5 nitrogen and oxygen atoms in total. The van der Waals surface area contributed by atoms with Crippen molar-refractivity contribution in [2.24, 2.45) is 0 Å². The van der Waals surface area contributed by atoms with Crippen LogP contribution in [0.25, 0.3) is 11.5 Å². The predicted molar refractivity (Wildman–Crippen MR) is 83.4 cm³/mol. The van der Waals surface area contributed by atoms with Crippen LogP contribution in [0.1, 0.15) is 23.2 Å². The number of carbonyl (C=O) groups is 1. The Morgan fingerprint density at radius 1 is 1.08 bits per heavy atom. The van der Waals surface area contributed by atoms with Crippen molar-refractivity contribution in [3.8, 4) is 11.5 Å². The zero-order chi connectivity index (χ0) is 17.1. The van der Waals surface area contributed by atoms with E-state index in [4.69, 9.17) is 4.42 Å². The van der Waals surface area contributed by atoms with Gasteiger partial charge in [-0.1, -0.05) is 13.0 Å². The van der Waals surface area contributed by atoms with E-state index >= 15 is 0 Å². The molecule has 0 aliphatic rings. The highest BCUT2D eigenvalue weighted by Gasteiger charge is 2.17. The third-order valence-corrected chi connectivity index (χ3v) is 3.35. The van der Waals surface area contributed by atoms with E-state index in [9.17, 15) is 13.6 Å². The van der Waals surface area contributed by atoms with E-state index in [1.807, 2.05) is 6.92 Å². The summed E-state index contributed by atoms with van der Waals surface area (Å²) in [5, 5.41) is 10.2. The number of aromatic nitrogens is 2. The first-order valence-electron chi connectivity index (χ1n) is 7.26. The number of anilines is 1. The Balaban J connectivity index is 1.78. The normalized spacial score (nSPS) is 10.6. The smallest absolute Gasteiger partial charge is 0.261 e. The molecule has 0 aliphatic carbocycles. The largest absolute Gasteiger partial charge is 0.421 e. The standard InChI is InChI=1S/C17H13F2N3O2/c1-2-14-21-22-17(24-14)10-6-8-11(9-7-10)20-16(23)15-12(18)4-3-5-13(15)19/h3-9H,2H2,1H3,(H,20,23). The number of amides is 1. The van der Waals surface area contributed by atoms with Gasteiger partial charge in [0, 0.05) is 17.7 Å². The van der Waals surface area contributed by atoms with E-state index in [-0.39, 0.29) is 0 Å². The first kappa shape index (κ1) is 15.8. The minimum absolute atomic E-state index is 0.366. The second-order valence-electron chi connectivity index (χ2n) is 4.98. The van der Waals surface area contributed by atoms with Crippen LogP contribution in [0.3, 0.4) is 0 Å². The molecule has 0 saturated carbocycles. The van der Waals surface area contributed by atoms with E-state index in [0.29, 0.717) is 29.5 Å².